The molecule has 0 radical (unpaired) electrons. The third-order valence-corrected chi connectivity index (χ3v) is 3.63. The van der Waals surface area contributed by atoms with Gasteiger partial charge in [-0.3, -0.25) is 0 Å². The molecular formula is C14H8BrF3N2. The van der Waals surface area contributed by atoms with Crippen LogP contribution in [-0.4, -0.2) is 9.97 Å². The zero-order chi connectivity index (χ0) is 14.3. The minimum atomic E-state index is -4.35. The van der Waals surface area contributed by atoms with Crippen LogP contribution in [0, 0.1) is 0 Å². The molecule has 2 aromatic carbocycles. The molecule has 0 spiro atoms. The lowest BCUT2D eigenvalue weighted by Gasteiger charge is -2.05. The van der Waals surface area contributed by atoms with Crippen molar-refractivity contribution in [3.8, 4) is 11.4 Å². The largest absolute Gasteiger partial charge is 0.416 e. The maximum absolute atomic E-state index is 12.7. The second kappa shape index (κ2) is 4.63. The number of rotatable bonds is 1. The molecule has 0 aliphatic heterocycles. The van der Waals surface area contributed by atoms with Crippen LogP contribution in [0.3, 0.4) is 0 Å². The molecule has 6 heteroatoms. The van der Waals surface area contributed by atoms with Gasteiger partial charge < -0.3 is 4.98 Å². The van der Waals surface area contributed by atoms with Crippen molar-refractivity contribution in [2.24, 2.45) is 0 Å². The smallest absolute Gasteiger partial charge is 0.338 e. The van der Waals surface area contributed by atoms with Crippen LogP contribution in [0.1, 0.15) is 5.56 Å². The number of hydrogen-bond donors (Lipinski definition) is 1. The summed E-state index contributed by atoms with van der Waals surface area (Å²) in [6.45, 7) is 0. The van der Waals surface area contributed by atoms with Gasteiger partial charge in [0.05, 0.1) is 16.6 Å². The molecule has 3 rings (SSSR count). The van der Waals surface area contributed by atoms with E-state index in [4.69, 9.17) is 0 Å². The van der Waals surface area contributed by atoms with E-state index < -0.39 is 11.7 Å². The molecule has 0 saturated heterocycles. The highest BCUT2D eigenvalue weighted by atomic mass is 79.9. The van der Waals surface area contributed by atoms with Crippen molar-refractivity contribution >= 4 is 27.0 Å². The number of fused-ring (bicyclic) bond motifs is 1. The third-order valence-electron chi connectivity index (χ3n) is 2.94. The second-order valence-corrected chi connectivity index (χ2v) is 5.15. The number of nitrogens with one attached hydrogen (secondary N) is 1. The summed E-state index contributed by atoms with van der Waals surface area (Å²) in [6, 6.07) is 10.9. The van der Waals surface area contributed by atoms with Crippen LogP contribution in [0.15, 0.2) is 46.9 Å². The zero-order valence-corrected chi connectivity index (χ0v) is 11.6. The monoisotopic (exact) mass is 340 g/mol. The summed E-state index contributed by atoms with van der Waals surface area (Å²) < 4.78 is 38.8. The molecule has 0 saturated carbocycles. The summed E-state index contributed by atoms with van der Waals surface area (Å²) in [4.78, 5) is 7.24. The standard InChI is InChI=1S/C14H8BrF3N2/c15-10-4-2-1-3-9(10)13-19-11-6-5-8(14(16,17)18)7-12(11)20-13/h1-7H,(H,19,20). The van der Waals surface area contributed by atoms with E-state index in [1.807, 2.05) is 24.3 Å². The quantitative estimate of drug-likeness (QED) is 0.662. The highest BCUT2D eigenvalue weighted by molar-refractivity contribution is 9.10. The van der Waals surface area contributed by atoms with Gasteiger partial charge in [0.25, 0.3) is 0 Å². The first-order valence-corrected chi connectivity index (χ1v) is 6.56. The van der Waals surface area contributed by atoms with Crippen LogP contribution in [0.2, 0.25) is 0 Å². The predicted molar refractivity (Wildman–Crippen MR) is 74.2 cm³/mol. The third kappa shape index (κ3) is 2.31. The Morgan fingerprint density at radius 3 is 2.50 bits per heavy atom. The van der Waals surface area contributed by atoms with Crippen LogP contribution < -0.4 is 0 Å². The highest BCUT2D eigenvalue weighted by Gasteiger charge is 2.30. The Morgan fingerprint density at radius 2 is 1.80 bits per heavy atom. The molecule has 0 fully saturated rings. The topological polar surface area (TPSA) is 28.7 Å². The minimum absolute atomic E-state index is 0.366. The fourth-order valence-corrected chi connectivity index (χ4v) is 2.44. The number of aromatic amines is 1. The van der Waals surface area contributed by atoms with Crippen LogP contribution in [0.4, 0.5) is 13.2 Å². The maximum atomic E-state index is 12.7. The summed E-state index contributed by atoms with van der Waals surface area (Å²) in [5.74, 6) is 0.534. The Labute approximate surface area is 120 Å². The number of benzene rings is 2. The average Bonchev–Trinajstić information content (AvgIpc) is 2.80. The van der Waals surface area contributed by atoms with Gasteiger partial charge in [-0.1, -0.05) is 34.1 Å². The van der Waals surface area contributed by atoms with Crippen molar-refractivity contribution in [1.82, 2.24) is 9.97 Å². The van der Waals surface area contributed by atoms with Gasteiger partial charge in [-0.15, -0.1) is 0 Å². The Balaban J connectivity index is 2.14. The number of imidazole rings is 1. The van der Waals surface area contributed by atoms with Crippen molar-refractivity contribution in [2.75, 3.05) is 0 Å². The van der Waals surface area contributed by atoms with Crippen molar-refractivity contribution < 1.29 is 13.2 Å². The van der Waals surface area contributed by atoms with Crippen LogP contribution in [-0.2, 0) is 6.18 Å². The molecule has 0 amide bonds. The number of halogens is 4. The molecule has 0 aliphatic rings. The van der Waals surface area contributed by atoms with Gasteiger partial charge in [0.15, 0.2) is 0 Å². The number of nitrogens with zero attached hydrogens (tertiary/aromatic N) is 1. The Bertz CT molecular complexity index is 777. The number of alkyl halides is 3. The molecule has 1 heterocycles. The van der Waals surface area contributed by atoms with Crippen molar-refractivity contribution in [3.05, 3.63) is 52.5 Å². The number of hydrogen-bond acceptors (Lipinski definition) is 1. The van der Waals surface area contributed by atoms with Gasteiger partial charge >= 0.3 is 6.18 Å². The lowest BCUT2D eigenvalue weighted by atomic mass is 10.2. The van der Waals surface area contributed by atoms with E-state index in [2.05, 4.69) is 25.9 Å². The summed E-state index contributed by atoms with van der Waals surface area (Å²) in [5, 5.41) is 0. The van der Waals surface area contributed by atoms with Gasteiger partial charge in [-0.2, -0.15) is 13.2 Å². The SMILES string of the molecule is FC(F)(F)c1ccc2nc(-c3ccccc3Br)[nH]c2c1. The normalized spacial score (nSPS) is 12.0. The van der Waals surface area contributed by atoms with E-state index in [1.165, 1.54) is 6.07 Å². The number of aromatic nitrogens is 2. The number of H-pyrrole nitrogens is 1. The molecule has 0 unspecified atom stereocenters. The lowest BCUT2D eigenvalue weighted by Crippen LogP contribution is -2.04. The van der Waals surface area contributed by atoms with Gasteiger partial charge in [-0.25, -0.2) is 4.98 Å². The molecule has 0 atom stereocenters. The van der Waals surface area contributed by atoms with Crippen molar-refractivity contribution in [1.29, 1.82) is 0 Å². The molecule has 1 N–H and O–H groups in total. The lowest BCUT2D eigenvalue weighted by molar-refractivity contribution is -0.137. The van der Waals surface area contributed by atoms with E-state index >= 15 is 0 Å². The average molecular weight is 341 g/mol. The predicted octanol–water partition coefficient (Wildman–Crippen LogP) is 5.01. The van der Waals surface area contributed by atoms with E-state index in [-0.39, 0.29) is 0 Å². The molecule has 20 heavy (non-hydrogen) atoms. The highest BCUT2D eigenvalue weighted by Crippen LogP contribution is 2.32. The molecule has 102 valence electrons. The van der Waals surface area contributed by atoms with Gasteiger partial charge in [0, 0.05) is 10.0 Å². The Morgan fingerprint density at radius 1 is 1.05 bits per heavy atom. The summed E-state index contributed by atoms with van der Waals surface area (Å²) in [7, 11) is 0. The molecule has 0 bridgehead atoms. The van der Waals surface area contributed by atoms with E-state index in [0.29, 0.717) is 16.9 Å². The van der Waals surface area contributed by atoms with E-state index in [1.54, 1.807) is 0 Å². The fourth-order valence-electron chi connectivity index (χ4n) is 1.97. The minimum Gasteiger partial charge on any atom is -0.338 e. The molecule has 2 nitrogen and oxygen atoms in total. The first-order valence-electron chi connectivity index (χ1n) is 5.77. The molecule has 1 aromatic heterocycles. The van der Waals surface area contributed by atoms with Gasteiger partial charge in [-0.05, 0) is 24.3 Å². The zero-order valence-electron chi connectivity index (χ0n) is 10.0. The van der Waals surface area contributed by atoms with E-state index in [9.17, 15) is 13.2 Å². The van der Waals surface area contributed by atoms with Crippen LogP contribution in [0.25, 0.3) is 22.4 Å². The van der Waals surface area contributed by atoms with Crippen molar-refractivity contribution in [3.63, 3.8) is 0 Å². The van der Waals surface area contributed by atoms with Crippen molar-refractivity contribution in [2.45, 2.75) is 6.18 Å². The van der Waals surface area contributed by atoms with Crippen LogP contribution >= 0.6 is 15.9 Å². The van der Waals surface area contributed by atoms with Crippen LogP contribution in [0.5, 0.6) is 0 Å². The van der Waals surface area contributed by atoms with E-state index in [0.717, 1.165) is 22.2 Å². The molecular weight excluding hydrogens is 333 g/mol. The first kappa shape index (κ1) is 13.2. The first-order chi connectivity index (χ1) is 9.45. The maximum Gasteiger partial charge on any atom is 0.416 e. The Kier molecular flexibility index (Phi) is 3.05. The summed E-state index contributed by atoms with van der Waals surface area (Å²) in [6.07, 6.45) is -4.35. The van der Waals surface area contributed by atoms with Gasteiger partial charge in [0.2, 0.25) is 0 Å². The Hall–Kier alpha value is -1.82. The molecule has 3 aromatic rings. The second-order valence-electron chi connectivity index (χ2n) is 4.29. The molecule has 0 aliphatic carbocycles. The summed E-state index contributed by atoms with van der Waals surface area (Å²) in [5.41, 5.74) is 0.985. The van der Waals surface area contributed by atoms with Gasteiger partial charge in [0.1, 0.15) is 5.82 Å². The summed E-state index contributed by atoms with van der Waals surface area (Å²) >= 11 is 3.40. The fraction of sp³-hybridized carbons (Fsp3) is 0.0714.